The summed E-state index contributed by atoms with van der Waals surface area (Å²) in [6, 6.07) is 0. The van der Waals surface area contributed by atoms with Crippen molar-refractivity contribution in [1.29, 1.82) is 0 Å². The second-order valence-electron chi connectivity index (χ2n) is 8.15. The quantitative estimate of drug-likeness (QED) is 0.626. The lowest BCUT2D eigenvalue weighted by atomic mass is 9.91. The highest BCUT2D eigenvalue weighted by molar-refractivity contribution is 5.08. The van der Waals surface area contributed by atoms with Crippen LogP contribution < -0.4 is 0 Å². The molecule has 1 atom stereocenters. The second-order valence-corrected chi connectivity index (χ2v) is 8.15. The van der Waals surface area contributed by atoms with Crippen LogP contribution >= 0.6 is 0 Å². The van der Waals surface area contributed by atoms with Crippen LogP contribution in [0.2, 0.25) is 0 Å². The maximum atomic E-state index is 2.71. The number of allylic oxidation sites excluding steroid dienone is 1. The number of likely N-dealkylation sites (N-methyl/N-ethyl adjacent to an activating group) is 1. The van der Waals surface area contributed by atoms with Gasteiger partial charge in [-0.1, -0.05) is 32.4 Å². The second kappa shape index (κ2) is 10.6. The molecule has 3 nitrogen and oxygen atoms in total. The Morgan fingerprint density at radius 3 is 2.25 bits per heavy atom. The molecule has 1 unspecified atom stereocenters. The minimum absolute atomic E-state index is 0.750. The van der Waals surface area contributed by atoms with Crippen LogP contribution in [-0.4, -0.2) is 74.1 Å². The summed E-state index contributed by atoms with van der Waals surface area (Å²) in [5.74, 6) is 1.71. The first-order chi connectivity index (χ1) is 11.6. The summed E-state index contributed by atoms with van der Waals surface area (Å²) in [7, 11) is 2.24. The van der Waals surface area contributed by atoms with Gasteiger partial charge in [-0.3, -0.25) is 4.90 Å². The predicted octanol–water partition coefficient (Wildman–Crippen LogP) is 3.72. The summed E-state index contributed by atoms with van der Waals surface area (Å²) in [4.78, 5) is 7.84. The summed E-state index contributed by atoms with van der Waals surface area (Å²) in [6.45, 7) is 17.2. The smallest absolute Gasteiger partial charge is 0.0195 e. The molecule has 0 aromatic carbocycles. The summed E-state index contributed by atoms with van der Waals surface area (Å²) >= 11 is 0. The standard InChI is InChI=1S/C21H41N3/c1-5-7-21(19(3)6-2)18-24-12-9-20(10-13-24)8-11-23-16-14-22(4)15-17-23/h7,19-20H,5-6,8-18H2,1-4H3. The molecule has 0 spiro atoms. The van der Waals surface area contributed by atoms with Crippen LogP contribution in [0.3, 0.4) is 0 Å². The third kappa shape index (κ3) is 6.50. The fourth-order valence-corrected chi connectivity index (χ4v) is 4.07. The van der Waals surface area contributed by atoms with E-state index in [-0.39, 0.29) is 0 Å². The Hall–Kier alpha value is -0.380. The van der Waals surface area contributed by atoms with Crippen molar-refractivity contribution in [3.63, 3.8) is 0 Å². The lowest BCUT2D eigenvalue weighted by Gasteiger charge is -2.36. The molecule has 2 rings (SSSR count). The molecule has 24 heavy (non-hydrogen) atoms. The van der Waals surface area contributed by atoms with E-state index in [2.05, 4.69) is 48.6 Å². The molecule has 0 aromatic rings. The largest absolute Gasteiger partial charge is 0.304 e. The zero-order valence-corrected chi connectivity index (χ0v) is 16.8. The van der Waals surface area contributed by atoms with Gasteiger partial charge in [-0.05, 0) is 70.6 Å². The molecule has 0 radical (unpaired) electrons. The lowest BCUT2D eigenvalue weighted by molar-refractivity contribution is 0.131. The van der Waals surface area contributed by atoms with E-state index in [1.54, 1.807) is 5.57 Å². The molecule has 0 N–H and O–H groups in total. The van der Waals surface area contributed by atoms with Crippen molar-refractivity contribution in [2.24, 2.45) is 11.8 Å². The third-order valence-electron chi connectivity index (χ3n) is 6.27. The Bertz CT molecular complexity index is 363. The Kier molecular flexibility index (Phi) is 8.79. The molecule has 0 bridgehead atoms. The first kappa shape index (κ1) is 19.9. The molecule has 2 saturated heterocycles. The van der Waals surface area contributed by atoms with Gasteiger partial charge in [-0.15, -0.1) is 0 Å². The van der Waals surface area contributed by atoms with Crippen LogP contribution in [0, 0.1) is 11.8 Å². The summed E-state index contributed by atoms with van der Waals surface area (Å²) in [5, 5.41) is 0. The molecule has 0 aliphatic carbocycles. The minimum atomic E-state index is 0.750. The highest BCUT2D eigenvalue weighted by Crippen LogP contribution is 2.24. The normalized spacial score (nSPS) is 24.4. The minimum Gasteiger partial charge on any atom is -0.304 e. The molecule has 2 aliphatic heterocycles. The van der Waals surface area contributed by atoms with Crippen molar-refractivity contribution in [3.05, 3.63) is 11.6 Å². The first-order valence-electron chi connectivity index (χ1n) is 10.4. The zero-order valence-electron chi connectivity index (χ0n) is 16.8. The first-order valence-corrected chi connectivity index (χ1v) is 10.4. The van der Waals surface area contributed by atoms with E-state index in [4.69, 9.17) is 0 Å². The van der Waals surface area contributed by atoms with E-state index < -0.39 is 0 Å². The topological polar surface area (TPSA) is 9.72 Å². The van der Waals surface area contributed by atoms with E-state index in [1.807, 2.05) is 0 Å². The Morgan fingerprint density at radius 1 is 1.00 bits per heavy atom. The average molecular weight is 336 g/mol. The fourth-order valence-electron chi connectivity index (χ4n) is 4.07. The predicted molar refractivity (Wildman–Crippen MR) is 106 cm³/mol. The van der Waals surface area contributed by atoms with Crippen molar-refractivity contribution in [2.75, 3.05) is 59.4 Å². The van der Waals surface area contributed by atoms with E-state index in [0.717, 1.165) is 11.8 Å². The highest BCUT2D eigenvalue weighted by atomic mass is 15.2. The number of nitrogens with zero attached hydrogens (tertiary/aromatic N) is 3. The van der Waals surface area contributed by atoms with E-state index in [9.17, 15) is 0 Å². The van der Waals surface area contributed by atoms with Gasteiger partial charge in [0.25, 0.3) is 0 Å². The van der Waals surface area contributed by atoms with Gasteiger partial charge in [-0.25, -0.2) is 0 Å². The molecule has 2 aliphatic rings. The van der Waals surface area contributed by atoms with Crippen molar-refractivity contribution in [3.8, 4) is 0 Å². The van der Waals surface area contributed by atoms with Gasteiger partial charge in [0, 0.05) is 32.7 Å². The number of likely N-dealkylation sites (tertiary alicyclic amines) is 1. The Labute approximate surface area is 151 Å². The third-order valence-corrected chi connectivity index (χ3v) is 6.27. The van der Waals surface area contributed by atoms with Gasteiger partial charge in [0.05, 0.1) is 0 Å². The fraction of sp³-hybridized carbons (Fsp3) is 0.905. The summed E-state index contributed by atoms with van der Waals surface area (Å²) in [5.41, 5.74) is 1.68. The average Bonchev–Trinajstić information content (AvgIpc) is 2.61. The van der Waals surface area contributed by atoms with Crippen LogP contribution in [0.15, 0.2) is 11.6 Å². The summed E-state index contributed by atoms with van der Waals surface area (Å²) in [6.07, 6.45) is 9.17. The van der Waals surface area contributed by atoms with Crippen molar-refractivity contribution >= 4 is 0 Å². The molecule has 140 valence electrons. The molecule has 0 aromatic heterocycles. The molecular weight excluding hydrogens is 294 g/mol. The maximum Gasteiger partial charge on any atom is 0.0195 e. The number of rotatable bonds is 8. The van der Waals surface area contributed by atoms with Gasteiger partial charge in [0.15, 0.2) is 0 Å². The number of piperidine rings is 1. The molecule has 0 saturated carbocycles. The SMILES string of the molecule is CCC=C(CN1CCC(CCN2CCN(C)CC2)CC1)C(C)CC. The van der Waals surface area contributed by atoms with E-state index >= 15 is 0 Å². The molecule has 0 amide bonds. The summed E-state index contributed by atoms with van der Waals surface area (Å²) < 4.78 is 0. The molecule has 2 fully saturated rings. The zero-order chi connectivity index (χ0) is 17.4. The van der Waals surface area contributed by atoms with Crippen LogP contribution in [0.4, 0.5) is 0 Å². The highest BCUT2D eigenvalue weighted by Gasteiger charge is 2.22. The van der Waals surface area contributed by atoms with Crippen LogP contribution in [0.1, 0.15) is 52.9 Å². The van der Waals surface area contributed by atoms with Crippen molar-refractivity contribution in [1.82, 2.24) is 14.7 Å². The monoisotopic (exact) mass is 335 g/mol. The molecular formula is C21H41N3. The van der Waals surface area contributed by atoms with Crippen LogP contribution in [0.5, 0.6) is 0 Å². The maximum absolute atomic E-state index is 2.71. The molecule has 3 heteroatoms. The van der Waals surface area contributed by atoms with E-state index in [1.165, 1.54) is 84.5 Å². The molecule has 2 heterocycles. The van der Waals surface area contributed by atoms with Crippen LogP contribution in [0.25, 0.3) is 0 Å². The number of hydrogen-bond acceptors (Lipinski definition) is 3. The van der Waals surface area contributed by atoms with E-state index in [0.29, 0.717) is 0 Å². The van der Waals surface area contributed by atoms with Gasteiger partial charge < -0.3 is 9.80 Å². The number of piperazine rings is 1. The van der Waals surface area contributed by atoms with Crippen molar-refractivity contribution in [2.45, 2.75) is 52.9 Å². The van der Waals surface area contributed by atoms with Gasteiger partial charge in [0.2, 0.25) is 0 Å². The number of hydrogen-bond donors (Lipinski definition) is 0. The van der Waals surface area contributed by atoms with Gasteiger partial charge >= 0.3 is 0 Å². The van der Waals surface area contributed by atoms with Gasteiger partial charge in [-0.2, -0.15) is 0 Å². The van der Waals surface area contributed by atoms with Crippen molar-refractivity contribution < 1.29 is 0 Å². The van der Waals surface area contributed by atoms with Crippen LogP contribution in [-0.2, 0) is 0 Å². The Morgan fingerprint density at radius 2 is 1.67 bits per heavy atom. The lowest BCUT2D eigenvalue weighted by Crippen LogP contribution is -2.45. The van der Waals surface area contributed by atoms with Gasteiger partial charge in [0.1, 0.15) is 0 Å². The Balaban J connectivity index is 1.66.